The summed E-state index contributed by atoms with van der Waals surface area (Å²) in [6.07, 6.45) is 3.60. The molecule has 2 rings (SSSR count). The van der Waals surface area contributed by atoms with Gasteiger partial charge in [-0.3, -0.25) is 0 Å². The van der Waals surface area contributed by atoms with Crippen LogP contribution in [-0.4, -0.2) is 15.7 Å². The molecule has 0 saturated carbocycles. The number of aliphatic imine (C=N–C) groups is 1. The smallest absolute Gasteiger partial charge is 0.191 e. The molecule has 15 heavy (non-hydrogen) atoms. The second kappa shape index (κ2) is 3.83. The van der Waals surface area contributed by atoms with E-state index in [9.17, 15) is 0 Å². The van der Waals surface area contributed by atoms with Crippen LogP contribution in [0.25, 0.3) is 5.69 Å². The lowest BCUT2D eigenvalue weighted by Gasteiger charge is -2.01. The van der Waals surface area contributed by atoms with Gasteiger partial charge in [-0.05, 0) is 30.3 Å². The van der Waals surface area contributed by atoms with Crippen molar-refractivity contribution in [1.29, 1.82) is 0 Å². The third-order valence-corrected chi connectivity index (χ3v) is 1.88. The van der Waals surface area contributed by atoms with Gasteiger partial charge in [-0.15, -0.1) is 0 Å². The lowest BCUT2D eigenvalue weighted by atomic mass is 10.3. The minimum Gasteiger partial charge on any atom is -0.370 e. The molecule has 0 fully saturated rings. The first-order chi connectivity index (χ1) is 7.25. The van der Waals surface area contributed by atoms with Gasteiger partial charge in [0.05, 0.1) is 11.4 Å². The molecule has 5 heteroatoms. The molecule has 0 atom stereocenters. The Morgan fingerprint density at radius 1 is 1.20 bits per heavy atom. The van der Waals surface area contributed by atoms with Gasteiger partial charge < -0.3 is 11.5 Å². The predicted molar refractivity (Wildman–Crippen MR) is 59.0 cm³/mol. The molecular weight excluding hydrogens is 190 g/mol. The molecule has 0 unspecified atom stereocenters. The highest BCUT2D eigenvalue weighted by Gasteiger charge is 1.95. The van der Waals surface area contributed by atoms with Crippen LogP contribution in [0.3, 0.4) is 0 Å². The van der Waals surface area contributed by atoms with Gasteiger partial charge >= 0.3 is 0 Å². The van der Waals surface area contributed by atoms with E-state index in [4.69, 9.17) is 11.5 Å². The average Bonchev–Trinajstić information content (AvgIpc) is 2.71. The van der Waals surface area contributed by atoms with Crippen LogP contribution in [0.15, 0.2) is 47.7 Å². The van der Waals surface area contributed by atoms with Crippen molar-refractivity contribution in [1.82, 2.24) is 9.78 Å². The van der Waals surface area contributed by atoms with Crippen molar-refractivity contribution >= 4 is 11.6 Å². The van der Waals surface area contributed by atoms with E-state index >= 15 is 0 Å². The van der Waals surface area contributed by atoms with Gasteiger partial charge in [-0.1, -0.05) is 0 Å². The molecule has 0 saturated heterocycles. The third kappa shape index (κ3) is 2.14. The third-order valence-electron chi connectivity index (χ3n) is 1.88. The van der Waals surface area contributed by atoms with E-state index in [1.807, 2.05) is 36.5 Å². The fraction of sp³-hybridized carbons (Fsp3) is 0. The van der Waals surface area contributed by atoms with Gasteiger partial charge in [-0.2, -0.15) is 5.10 Å². The zero-order chi connectivity index (χ0) is 10.7. The Balaban J connectivity index is 2.29. The summed E-state index contributed by atoms with van der Waals surface area (Å²) in [5.41, 5.74) is 12.2. The molecular formula is C10H11N5. The lowest BCUT2D eigenvalue weighted by molar-refractivity contribution is 0.880. The standard InChI is InChI=1S/C10H11N5/c11-10(12)14-8-2-4-9(5-3-8)15-7-1-6-13-15/h1-7H,(H4,11,12,14). The normalized spacial score (nSPS) is 9.87. The zero-order valence-corrected chi connectivity index (χ0v) is 8.04. The topological polar surface area (TPSA) is 82.2 Å². The SMILES string of the molecule is NC(N)=Nc1ccc(-n2cccn2)cc1. The molecule has 0 radical (unpaired) electrons. The maximum atomic E-state index is 5.27. The Hall–Kier alpha value is -2.30. The molecule has 0 aliphatic heterocycles. The molecule has 4 N–H and O–H groups in total. The fourth-order valence-corrected chi connectivity index (χ4v) is 1.25. The fourth-order valence-electron chi connectivity index (χ4n) is 1.25. The van der Waals surface area contributed by atoms with Crippen molar-refractivity contribution in [2.75, 3.05) is 0 Å². The number of rotatable bonds is 2. The Morgan fingerprint density at radius 2 is 1.93 bits per heavy atom. The predicted octanol–water partition coefficient (Wildman–Crippen LogP) is 0.777. The van der Waals surface area contributed by atoms with Crippen LogP contribution in [-0.2, 0) is 0 Å². The maximum absolute atomic E-state index is 5.27. The first-order valence-electron chi connectivity index (χ1n) is 4.45. The number of guanidine groups is 1. The van der Waals surface area contributed by atoms with Gasteiger partial charge in [0.25, 0.3) is 0 Å². The van der Waals surface area contributed by atoms with Crippen LogP contribution in [0.2, 0.25) is 0 Å². The molecule has 0 aliphatic carbocycles. The van der Waals surface area contributed by atoms with Crippen LogP contribution >= 0.6 is 0 Å². The van der Waals surface area contributed by atoms with Gasteiger partial charge in [0.15, 0.2) is 5.96 Å². The lowest BCUT2D eigenvalue weighted by Crippen LogP contribution is -2.21. The monoisotopic (exact) mass is 201 g/mol. The van der Waals surface area contributed by atoms with Gasteiger partial charge in [0.1, 0.15) is 0 Å². The Bertz CT molecular complexity index is 451. The van der Waals surface area contributed by atoms with E-state index < -0.39 is 0 Å². The summed E-state index contributed by atoms with van der Waals surface area (Å²) < 4.78 is 1.76. The second-order valence-corrected chi connectivity index (χ2v) is 3.00. The van der Waals surface area contributed by atoms with E-state index in [-0.39, 0.29) is 5.96 Å². The van der Waals surface area contributed by atoms with Crippen molar-refractivity contribution in [2.24, 2.45) is 16.5 Å². The molecule has 0 spiro atoms. The van der Waals surface area contributed by atoms with Gasteiger partial charge in [0.2, 0.25) is 0 Å². The van der Waals surface area contributed by atoms with Crippen molar-refractivity contribution in [3.05, 3.63) is 42.7 Å². The quantitative estimate of drug-likeness (QED) is 0.556. The van der Waals surface area contributed by atoms with Crippen LogP contribution < -0.4 is 11.5 Å². The minimum atomic E-state index is 0.0573. The Kier molecular flexibility index (Phi) is 2.37. The molecule has 5 nitrogen and oxygen atoms in total. The van der Waals surface area contributed by atoms with Crippen molar-refractivity contribution in [3.8, 4) is 5.69 Å². The maximum Gasteiger partial charge on any atom is 0.191 e. The summed E-state index contributed by atoms with van der Waals surface area (Å²) in [6.45, 7) is 0. The van der Waals surface area contributed by atoms with E-state index in [1.165, 1.54) is 0 Å². The molecule has 0 aliphatic rings. The summed E-state index contributed by atoms with van der Waals surface area (Å²) in [7, 11) is 0. The first-order valence-corrected chi connectivity index (χ1v) is 4.45. The van der Waals surface area contributed by atoms with Gasteiger partial charge in [-0.25, -0.2) is 9.67 Å². The summed E-state index contributed by atoms with van der Waals surface area (Å²) in [4.78, 5) is 3.92. The van der Waals surface area contributed by atoms with E-state index in [0.29, 0.717) is 0 Å². The average molecular weight is 201 g/mol. The molecule has 0 bridgehead atoms. The van der Waals surface area contributed by atoms with Gasteiger partial charge in [0, 0.05) is 12.4 Å². The Labute approximate surface area is 87.0 Å². The molecule has 1 heterocycles. The second-order valence-electron chi connectivity index (χ2n) is 3.00. The molecule has 2 aromatic rings. The van der Waals surface area contributed by atoms with Crippen LogP contribution in [0, 0.1) is 0 Å². The van der Waals surface area contributed by atoms with Crippen LogP contribution in [0.5, 0.6) is 0 Å². The van der Waals surface area contributed by atoms with Crippen molar-refractivity contribution in [2.45, 2.75) is 0 Å². The zero-order valence-electron chi connectivity index (χ0n) is 8.04. The number of hydrogen-bond donors (Lipinski definition) is 2. The number of nitrogens with zero attached hydrogens (tertiary/aromatic N) is 3. The van der Waals surface area contributed by atoms with E-state index in [2.05, 4.69) is 10.1 Å². The van der Waals surface area contributed by atoms with E-state index in [1.54, 1.807) is 10.9 Å². The minimum absolute atomic E-state index is 0.0573. The molecule has 0 amide bonds. The van der Waals surface area contributed by atoms with E-state index in [0.717, 1.165) is 11.4 Å². The van der Waals surface area contributed by atoms with Crippen molar-refractivity contribution < 1.29 is 0 Å². The molecule has 1 aromatic carbocycles. The van der Waals surface area contributed by atoms with Crippen LogP contribution in [0.1, 0.15) is 0 Å². The van der Waals surface area contributed by atoms with Crippen molar-refractivity contribution in [3.63, 3.8) is 0 Å². The summed E-state index contributed by atoms with van der Waals surface area (Å²) in [5, 5.41) is 4.11. The summed E-state index contributed by atoms with van der Waals surface area (Å²) in [5.74, 6) is 0.0573. The largest absolute Gasteiger partial charge is 0.370 e. The number of benzene rings is 1. The van der Waals surface area contributed by atoms with Crippen LogP contribution in [0.4, 0.5) is 5.69 Å². The Morgan fingerprint density at radius 3 is 2.47 bits per heavy atom. The number of hydrogen-bond acceptors (Lipinski definition) is 2. The molecule has 1 aromatic heterocycles. The summed E-state index contributed by atoms with van der Waals surface area (Å²) >= 11 is 0. The number of aromatic nitrogens is 2. The first kappa shape index (κ1) is 9.26. The highest BCUT2D eigenvalue weighted by atomic mass is 15.3. The number of nitrogens with two attached hydrogens (primary N) is 2. The highest BCUT2D eigenvalue weighted by Crippen LogP contribution is 2.14. The highest BCUT2D eigenvalue weighted by molar-refractivity contribution is 5.79. The summed E-state index contributed by atoms with van der Waals surface area (Å²) in [6, 6.07) is 9.32. The molecule has 76 valence electrons.